The molecule has 15 heavy (non-hydrogen) atoms. The molecule has 0 saturated carbocycles. The van der Waals surface area contributed by atoms with E-state index >= 15 is 0 Å². The SMILES string of the molecule is CC(C)(C)CCCCCCCC(F)(F)F. The van der Waals surface area contributed by atoms with E-state index in [9.17, 15) is 13.2 Å². The van der Waals surface area contributed by atoms with Gasteiger partial charge in [-0.2, -0.15) is 13.2 Å². The van der Waals surface area contributed by atoms with Crippen LogP contribution in [0.3, 0.4) is 0 Å². The van der Waals surface area contributed by atoms with Gasteiger partial charge in [0, 0.05) is 6.42 Å². The summed E-state index contributed by atoms with van der Waals surface area (Å²) in [6.07, 6.45) is 0.712. The first-order chi connectivity index (χ1) is 6.71. The zero-order valence-electron chi connectivity index (χ0n) is 10.1. The Balaban J connectivity index is 3.20. The smallest absolute Gasteiger partial charge is 0.171 e. The fraction of sp³-hybridized carbons (Fsp3) is 1.00. The Kier molecular flexibility index (Phi) is 6.30. The monoisotopic (exact) mass is 224 g/mol. The predicted octanol–water partition coefficient (Wildman–Crippen LogP) is 5.33. The molecule has 0 bridgehead atoms. The minimum atomic E-state index is -3.97. The van der Waals surface area contributed by atoms with E-state index < -0.39 is 12.6 Å². The first kappa shape index (κ1) is 14.8. The Labute approximate surface area is 91.3 Å². The molecule has 0 atom stereocenters. The quantitative estimate of drug-likeness (QED) is 0.535. The number of alkyl halides is 3. The number of unbranched alkanes of at least 4 members (excludes halogenated alkanes) is 4. The van der Waals surface area contributed by atoms with Crippen molar-refractivity contribution in [3.63, 3.8) is 0 Å². The molecule has 3 heteroatoms. The second-order valence-corrected chi connectivity index (χ2v) is 5.44. The van der Waals surface area contributed by atoms with Crippen LogP contribution in [0, 0.1) is 5.41 Å². The van der Waals surface area contributed by atoms with Crippen molar-refractivity contribution in [3.05, 3.63) is 0 Å². The fourth-order valence-corrected chi connectivity index (χ4v) is 1.51. The molecule has 0 amide bonds. The van der Waals surface area contributed by atoms with Crippen LogP contribution in [0.25, 0.3) is 0 Å². The van der Waals surface area contributed by atoms with Crippen LogP contribution in [0.1, 0.15) is 65.7 Å². The van der Waals surface area contributed by atoms with Crippen molar-refractivity contribution in [2.24, 2.45) is 5.41 Å². The summed E-state index contributed by atoms with van der Waals surface area (Å²) in [6, 6.07) is 0. The lowest BCUT2D eigenvalue weighted by Gasteiger charge is -2.17. The third kappa shape index (κ3) is 13.8. The second-order valence-electron chi connectivity index (χ2n) is 5.44. The molecule has 0 rings (SSSR count). The van der Waals surface area contributed by atoms with Gasteiger partial charge in [-0.15, -0.1) is 0 Å². The van der Waals surface area contributed by atoms with Gasteiger partial charge < -0.3 is 0 Å². The summed E-state index contributed by atoms with van der Waals surface area (Å²) in [5, 5.41) is 0. The molecule has 0 saturated heterocycles. The maximum atomic E-state index is 11.8. The van der Waals surface area contributed by atoms with E-state index in [1.807, 2.05) is 0 Å². The molecular formula is C12H23F3. The van der Waals surface area contributed by atoms with E-state index in [0.29, 0.717) is 18.3 Å². The number of hydrogen-bond donors (Lipinski definition) is 0. The number of hydrogen-bond acceptors (Lipinski definition) is 0. The van der Waals surface area contributed by atoms with E-state index in [1.54, 1.807) is 0 Å². The number of halogens is 3. The van der Waals surface area contributed by atoms with Crippen LogP contribution in [0.15, 0.2) is 0 Å². The molecule has 0 aliphatic heterocycles. The summed E-state index contributed by atoms with van der Waals surface area (Å²) < 4.78 is 35.4. The zero-order chi connectivity index (χ0) is 11.9. The van der Waals surface area contributed by atoms with E-state index in [-0.39, 0.29) is 0 Å². The van der Waals surface area contributed by atoms with Crippen molar-refractivity contribution in [3.8, 4) is 0 Å². The van der Waals surface area contributed by atoms with Crippen LogP contribution in [0.2, 0.25) is 0 Å². The largest absolute Gasteiger partial charge is 0.389 e. The number of rotatable bonds is 6. The molecule has 0 nitrogen and oxygen atoms in total. The Hall–Kier alpha value is -0.210. The molecule has 92 valence electrons. The van der Waals surface area contributed by atoms with Gasteiger partial charge in [-0.3, -0.25) is 0 Å². The van der Waals surface area contributed by atoms with Crippen molar-refractivity contribution in [1.29, 1.82) is 0 Å². The Bertz CT molecular complexity index is 135. The van der Waals surface area contributed by atoms with Gasteiger partial charge in [0.1, 0.15) is 0 Å². The van der Waals surface area contributed by atoms with E-state index in [0.717, 1.165) is 25.7 Å². The van der Waals surface area contributed by atoms with Crippen LogP contribution in [-0.4, -0.2) is 6.18 Å². The maximum absolute atomic E-state index is 11.8. The Morgan fingerprint density at radius 2 is 1.07 bits per heavy atom. The Morgan fingerprint density at radius 3 is 1.47 bits per heavy atom. The molecule has 0 radical (unpaired) electrons. The molecule has 0 unspecified atom stereocenters. The molecule has 0 aromatic heterocycles. The van der Waals surface area contributed by atoms with Gasteiger partial charge >= 0.3 is 6.18 Å². The topological polar surface area (TPSA) is 0 Å². The maximum Gasteiger partial charge on any atom is 0.389 e. The average Bonchev–Trinajstić information content (AvgIpc) is 1.98. The van der Waals surface area contributed by atoms with Crippen molar-refractivity contribution in [1.82, 2.24) is 0 Å². The molecular weight excluding hydrogens is 201 g/mol. The average molecular weight is 224 g/mol. The summed E-state index contributed by atoms with van der Waals surface area (Å²) in [4.78, 5) is 0. The first-order valence-corrected chi connectivity index (χ1v) is 5.77. The second kappa shape index (κ2) is 6.39. The van der Waals surface area contributed by atoms with Crippen LogP contribution >= 0.6 is 0 Å². The summed E-state index contributed by atoms with van der Waals surface area (Å²) >= 11 is 0. The van der Waals surface area contributed by atoms with E-state index in [1.165, 1.54) is 0 Å². The molecule has 0 N–H and O–H groups in total. The third-order valence-electron chi connectivity index (χ3n) is 2.39. The van der Waals surface area contributed by atoms with Gasteiger partial charge in [-0.05, 0) is 18.3 Å². The molecule has 0 aliphatic carbocycles. The fourth-order valence-electron chi connectivity index (χ4n) is 1.51. The molecule has 0 aliphatic rings. The molecule has 0 aromatic carbocycles. The standard InChI is InChI=1S/C12H23F3/c1-11(2,3)9-7-5-4-6-8-10-12(13,14)15/h4-10H2,1-3H3. The minimum Gasteiger partial charge on any atom is -0.171 e. The summed E-state index contributed by atoms with van der Waals surface area (Å²) in [5.74, 6) is 0. The lowest BCUT2D eigenvalue weighted by atomic mass is 9.89. The van der Waals surface area contributed by atoms with Crippen molar-refractivity contribution >= 4 is 0 Å². The summed E-state index contributed by atoms with van der Waals surface area (Å²) in [6.45, 7) is 6.57. The van der Waals surface area contributed by atoms with Crippen LogP contribution in [0.4, 0.5) is 13.2 Å². The van der Waals surface area contributed by atoms with Crippen LogP contribution in [0.5, 0.6) is 0 Å². The molecule has 0 heterocycles. The first-order valence-electron chi connectivity index (χ1n) is 5.77. The highest BCUT2D eigenvalue weighted by atomic mass is 19.4. The third-order valence-corrected chi connectivity index (χ3v) is 2.39. The van der Waals surface area contributed by atoms with Gasteiger partial charge in [0.2, 0.25) is 0 Å². The van der Waals surface area contributed by atoms with Gasteiger partial charge in [0.15, 0.2) is 0 Å². The van der Waals surface area contributed by atoms with E-state index in [4.69, 9.17) is 0 Å². The lowest BCUT2D eigenvalue weighted by Crippen LogP contribution is -2.06. The van der Waals surface area contributed by atoms with Gasteiger partial charge in [0.05, 0.1) is 0 Å². The molecule has 0 aromatic rings. The van der Waals surface area contributed by atoms with E-state index in [2.05, 4.69) is 20.8 Å². The highest BCUT2D eigenvalue weighted by molar-refractivity contribution is 4.61. The highest BCUT2D eigenvalue weighted by Gasteiger charge is 2.25. The van der Waals surface area contributed by atoms with Gasteiger partial charge in [0.25, 0.3) is 0 Å². The zero-order valence-corrected chi connectivity index (χ0v) is 10.1. The summed E-state index contributed by atoms with van der Waals surface area (Å²) in [7, 11) is 0. The lowest BCUT2D eigenvalue weighted by molar-refractivity contribution is -0.135. The van der Waals surface area contributed by atoms with Crippen LogP contribution < -0.4 is 0 Å². The summed E-state index contributed by atoms with van der Waals surface area (Å²) in [5.41, 5.74) is 0.353. The highest BCUT2D eigenvalue weighted by Crippen LogP contribution is 2.25. The van der Waals surface area contributed by atoms with Crippen LogP contribution in [-0.2, 0) is 0 Å². The minimum absolute atomic E-state index is 0.291. The van der Waals surface area contributed by atoms with Gasteiger partial charge in [-0.1, -0.05) is 46.5 Å². The normalized spacial score (nSPS) is 13.2. The predicted molar refractivity (Wildman–Crippen MR) is 57.8 cm³/mol. The van der Waals surface area contributed by atoms with Crippen molar-refractivity contribution < 1.29 is 13.2 Å². The molecule has 0 fully saturated rings. The van der Waals surface area contributed by atoms with Crippen molar-refractivity contribution in [2.75, 3.05) is 0 Å². The van der Waals surface area contributed by atoms with Gasteiger partial charge in [-0.25, -0.2) is 0 Å². The molecule has 0 spiro atoms. The van der Waals surface area contributed by atoms with Crippen molar-refractivity contribution in [2.45, 2.75) is 71.9 Å². The Morgan fingerprint density at radius 1 is 0.667 bits per heavy atom.